The Morgan fingerprint density at radius 3 is 2.46 bits per heavy atom. The smallest absolute Gasteiger partial charge is 0.253 e. The summed E-state index contributed by atoms with van der Waals surface area (Å²) in [5.74, 6) is 0.940. The molecule has 0 radical (unpaired) electrons. The predicted octanol–water partition coefficient (Wildman–Crippen LogP) is 4.15. The first-order valence-corrected chi connectivity index (χ1v) is 11.9. The van der Waals surface area contributed by atoms with E-state index in [0.29, 0.717) is 34.5 Å². The molecule has 9 heteroatoms. The van der Waals surface area contributed by atoms with Crippen molar-refractivity contribution in [3.63, 3.8) is 0 Å². The lowest BCUT2D eigenvalue weighted by molar-refractivity contribution is -0.113. The SMILES string of the molecule is COc1ccccc1-c1nnc(SCC(=O)Nc2ccccc2C(=O)NCc2ccccc2)n1C. The third kappa shape index (κ3) is 5.88. The molecule has 0 aliphatic carbocycles. The second-order valence-corrected chi connectivity index (χ2v) is 8.56. The Morgan fingerprint density at radius 1 is 0.943 bits per heavy atom. The predicted molar refractivity (Wildman–Crippen MR) is 136 cm³/mol. The second-order valence-electron chi connectivity index (χ2n) is 7.62. The fourth-order valence-electron chi connectivity index (χ4n) is 3.48. The highest BCUT2D eigenvalue weighted by atomic mass is 32.2. The molecular formula is C26H25N5O3S. The van der Waals surface area contributed by atoms with Crippen LogP contribution in [0.2, 0.25) is 0 Å². The molecule has 178 valence electrons. The Kier molecular flexibility index (Phi) is 7.79. The first-order valence-electron chi connectivity index (χ1n) is 10.9. The van der Waals surface area contributed by atoms with Gasteiger partial charge in [-0.15, -0.1) is 10.2 Å². The van der Waals surface area contributed by atoms with Crippen LogP contribution in [-0.2, 0) is 18.4 Å². The zero-order valence-corrected chi connectivity index (χ0v) is 20.2. The molecule has 8 nitrogen and oxygen atoms in total. The molecule has 4 rings (SSSR count). The standard InChI is InChI=1S/C26H25N5O3S/c1-31-24(20-13-7-9-15-22(20)34-2)29-30-26(31)35-17-23(32)28-21-14-8-6-12-19(21)25(33)27-16-18-10-4-3-5-11-18/h3-15H,16-17H2,1-2H3,(H,27,33)(H,28,32). The quantitative estimate of drug-likeness (QED) is 0.344. The number of benzene rings is 3. The fourth-order valence-corrected chi connectivity index (χ4v) is 4.20. The van der Waals surface area contributed by atoms with Crippen LogP contribution in [0, 0.1) is 0 Å². The molecule has 1 aromatic heterocycles. The molecule has 3 aromatic carbocycles. The summed E-state index contributed by atoms with van der Waals surface area (Å²) in [6.07, 6.45) is 0. The maximum absolute atomic E-state index is 12.7. The molecule has 2 amide bonds. The van der Waals surface area contributed by atoms with Crippen LogP contribution in [0.1, 0.15) is 15.9 Å². The van der Waals surface area contributed by atoms with Gasteiger partial charge in [0.15, 0.2) is 11.0 Å². The molecule has 1 heterocycles. The molecular weight excluding hydrogens is 462 g/mol. The van der Waals surface area contributed by atoms with Gasteiger partial charge in [-0.1, -0.05) is 66.4 Å². The highest BCUT2D eigenvalue weighted by Crippen LogP contribution is 2.30. The molecule has 0 bridgehead atoms. The van der Waals surface area contributed by atoms with Crippen LogP contribution in [0.15, 0.2) is 84.0 Å². The van der Waals surface area contributed by atoms with Crippen LogP contribution in [-0.4, -0.2) is 39.4 Å². The van der Waals surface area contributed by atoms with Crippen LogP contribution in [0.4, 0.5) is 5.69 Å². The van der Waals surface area contributed by atoms with Gasteiger partial charge >= 0.3 is 0 Å². The third-order valence-corrected chi connectivity index (χ3v) is 6.28. The number of hydrogen-bond donors (Lipinski definition) is 2. The van der Waals surface area contributed by atoms with E-state index in [9.17, 15) is 9.59 Å². The van der Waals surface area contributed by atoms with Crippen molar-refractivity contribution >= 4 is 29.3 Å². The summed E-state index contributed by atoms with van der Waals surface area (Å²) in [4.78, 5) is 25.4. The van der Waals surface area contributed by atoms with E-state index < -0.39 is 0 Å². The molecule has 0 spiro atoms. The molecule has 35 heavy (non-hydrogen) atoms. The van der Waals surface area contributed by atoms with Crippen molar-refractivity contribution in [1.29, 1.82) is 0 Å². The molecule has 0 saturated carbocycles. The van der Waals surface area contributed by atoms with E-state index in [2.05, 4.69) is 20.8 Å². The van der Waals surface area contributed by atoms with Crippen molar-refractivity contribution in [2.45, 2.75) is 11.7 Å². The number of ether oxygens (including phenoxy) is 1. The van der Waals surface area contributed by atoms with Gasteiger partial charge in [-0.05, 0) is 29.8 Å². The normalized spacial score (nSPS) is 10.6. The summed E-state index contributed by atoms with van der Waals surface area (Å²) in [5.41, 5.74) is 2.67. The van der Waals surface area contributed by atoms with Crippen LogP contribution < -0.4 is 15.4 Å². The summed E-state index contributed by atoms with van der Waals surface area (Å²) in [7, 11) is 3.45. The Labute approximate surface area is 207 Å². The highest BCUT2D eigenvalue weighted by Gasteiger charge is 2.17. The van der Waals surface area contributed by atoms with Crippen LogP contribution in [0.3, 0.4) is 0 Å². The topological polar surface area (TPSA) is 98.1 Å². The zero-order valence-electron chi connectivity index (χ0n) is 19.4. The monoisotopic (exact) mass is 487 g/mol. The minimum atomic E-state index is -0.257. The molecule has 0 unspecified atom stereocenters. The van der Waals surface area contributed by atoms with Gasteiger partial charge in [-0.2, -0.15) is 0 Å². The number of aromatic nitrogens is 3. The summed E-state index contributed by atoms with van der Waals surface area (Å²) in [6.45, 7) is 0.401. The summed E-state index contributed by atoms with van der Waals surface area (Å²) in [6, 6.07) is 24.1. The number of carbonyl (C=O) groups excluding carboxylic acids is 2. The van der Waals surface area contributed by atoms with Crippen molar-refractivity contribution in [3.8, 4) is 17.1 Å². The van der Waals surface area contributed by atoms with Gasteiger partial charge in [0.2, 0.25) is 5.91 Å². The van der Waals surface area contributed by atoms with Gasteiger partial charge in [0, 0.05) is 13.6 Å². The zero-order chi connectivity index (χ0) is 24.6. The number of carbonyl (C=O) groups is 2. The lowest BCUT2D eigenvalue weighted by atomic mass is 10.1. The van der Waals surface area contributed by atoms with Crippen LogP contribution in [0.5, 0.6) is 5.75 Å². The lowest BCUT2D eigenvalue weighted by Crippen LogP contribution is -2.25. The van der Waals surface area contributed by atoms with Gasteiger partial charge in [0.1, 0.15) is 5.75 Å². The molecule has 4 aromatic rings. The van der Waals surface area contributed by atoms with Crippen molar-refractivity contribution in [2.24, 2.45) is 7.05 Å². The first-order chi connectivity index (χ1) is 17.1. The largest absolute Gasteiger partial charge is 0.496 e. The van der Waals surface area contributed by atoms with Gasteiger partial charge < -0.3 is 19.9 Å². The van der Waals surface area contributed by atoms with E-state index in [1.54, 1.807) is 31.4 Å². The van der Waals surface area contributed by atoms with Crippen molar-refractivity contribution in [2.75, 3.05) is 18.2 Å². The molecule has 0 aliphatic rings. The van der Waals surface area contributed by atoms with Crippen molar-refractivity contribution in [1.82, 2.24) is 20.1 Å². The Morgan fingerprint density at radius 2 is 1.66 bits per heavy atom. The molecule has 0 atom stereocenters. The van der Waals surface area contributed by atoms with E-state index in [4.69, 9.17) is 4.74 Å². The number of methoxy groups -OCH3 is 1. The average molecular weight is 488 g/mol. The minimum absolute atomic E-state index is 0.109. The highest BCUT2D eigenvalue weighted by molar-refractivity contribution is 7.99. The Hall–Kier alpha value is -4.11. The molecule has 2 N–H and O–H groups in total. The molecule has 0 fully saturated rings. The minimum Gasteiger partial charge on any atom is -0.496 e. The number of thioether (sulfide) groups is 1. The first kappa shape index (κ1) is 24.0. The molecule has 0 saturated heterocycles. The number of hydrogen-bond acceptors (Lipinski definition) is 6. The second kappa shape index (κ2) is 11.3. The summed E-state index contributed by atoms with van der Waals surface area (Å²) >= 11 is 1.26. The van der Waals surface area contributed by atoms with E-state index in [1.165, 1.54) is 11.8 Å². The van der Waals surface area contributed by atoms with E-state index in [0.717, 1.165) is 11.1 Å². The van der Waals surface area contributed by atoms with Crippen molar-refractivity contribution in [3.05, 3.63) is 90.0 Å². The molecule has 0 aliphatic heterocycles. The Bertz CT molecular complexity index is 1320. The lowest BCUT2D eigenvalue weighted by Gasteiger charge is -2.11. The third-order valence-electron chi connectivity index (χ3n) is 5.26. The number of nitrogens with one attached hydrogen (secondary N) is 2. The number of anilines is 1. The van der Waals surface area contributed by atoms with Crippen LogP contribution >= 0.6 is 11.8 Å². The number of para-hydroxylation sites is 2. The summed E-state index contributed by atoms with van der Waals surface area (Å²) in [5, 5.41) is 14.8. The number of rotatable bonds is 9. The van der Waals surface area contributed by atoms with Gasteiger partial charge in [0.05, 0.1) is 29.7 Å². The van der Waals surface area contributed by atoms with Crippen LogP contribution in [0.25, 0.3) is 11.4 Å². The van der Waals surface area contributed by atoms with E-state index in [1.807, 2.05) is 66.2 Å². The summed E-state index contributed by atoms with van der Waals surface area (Å²) < 4.78 is 7.24. The van der Waals surface area contributed by atoms with E-state index in [-0.39, 0.29) is 17.6 Å². The van der Waals surface area contributed by atoms with Gasteiger partial charge in [-0.25, -0.2) is 0 Å². The van der Waals surface area contributed by atoms with Gasteiger partial charge in [0.25, 0.3) is 5.91 Å². The van der Waals surface area contributed by atoms with Crippen molar-refractivity contribution < 1.29 is 14.3 Å². The number of nitrogens with zero attached hydrogens (tertiary/aromatic N) is 3. The van der Waals surface area contributed by atoms with E-state index >= 15 is 0 Å². The van der Waals surface area contributed by atoms with Gasteiger partial charge in [-0.3, -0.25) is 9.59 Å². The fraction of sp³-hybridized carbons (Fsp3) is 0.154. The maximum atomic E-state index is 12.7. The Balaban J connectivity index is 1.38. The average Bonchev–Trinajstić information content (AvgIpc) is 3.26. The maximum Gasteiger partial charge on any atom is 0.253 e. The number of amides is 2.